The van der Waals surface area contributed by atoms with Crippen LogP contribution in [0.5, 0.6) is 0 Å². The van der Waals surface area contributed by atoms with Crippen LogP contribution in [0, 0.1) is 5.92 Å². The zero-order chi connectivity index (χ0) is 20.6. The van der Waals surface area contributed by atoms with E-state index in [4.69, 9.17) is 0 Å². The molecule has 0 spiro atoms. The lowest BCUT2D eigenvalue weighted by molar-refractivity contribution is -0.128. The molecule has 1 aliphatic heterocycles. The molecule has 1 aromatic heterocycles. The molecular weight excluding hydrogens is 364 g/mol. The molecule has 2 amide bonds. The molecule has 0 bridgehead atoms. The number of aromatic nitrogens is 1. The molecule has 3 N–H and O–H groups in total. The number of carbonyl (C=O) groups is 2. The molecule has 1 aromatic carbocycles. The van der Waals surface area contributed by atoms with E-state index in [1.165, 1.54) is 32.9 Å². The van der Waals surface area contributed by atoms with Gasteiger partial charge in [0.15, 0.2) is 0 Å². The molecule has 0 aliphatic carbocycles. The van der Waals surface area contributed by atoms with Crippen LogP contribution in [0.4, 0.5) is 0 Å². The normalized spacial score (nSPS) is 18.5. The molecule has 1 saturated heterocycles. The number of para-hydroxylation sites is 1. The predicted molar refractivity (Wildman–Crippen MR) is 117 cm³/mol. The van der Waals surface area contributed by atoms with Crippen molar-refractivity contribution in [2.24, 2.45) is 5.92 Å². The van der Waals surface area contributed by atoms with E-state index in [1.54, 1.807) is 0 Å². The van der Waals surface area contributed by atoms with E-state index in [0.29, 0.717) is 13.0 Å². The number of nitrogens with one attached hydrogen (secondary N) is 3. The number of amides is 2. The van der Waals surface area contributed by atoms with E-state index in [2.05, 4.69) is 27.4 Å². The molecule has 1 fully saturated rings. The first-order valence-electron chi connectivity index (χ1n) is 10.8. The number of aromatic amines is 1. The van der Waals surface area contributed by atoms with Crippen LogP contribution in [-0.2, 0) is 16.0 Å². The summed E-state index contributed by atoms with van der Waals surface area (Å²) in [5.41, 5.74) is 2.07. The number of hydrogen-bond donors (Lipinski definition) is 3. The molecule has 2 unspecified atom stereocenters. The third kappa shape index (κ3) is 6.32. The molecule has 158 valence electrons. The average Bonchev–Trinajstić information content (AvgIpc) is 3.10. The molecule has 2 atom stereocenters. The predicted octanol–water partition coefficient (Wildman–Crippen LogP) is 2.84. The van der Waals surface area contributed by atoms with E-state index in [-0.39, 0.29) is 11.8 Å². The fourth-order valence-electron chi connectivity index (χ4n) is 4.26. The molecule has 2 aromatic rings. The van der Waals surface area contributed by atoms with Gasteiger partial charge in [0, 0.05) is 43.5 Å². The lowest BCUT2D eigenvalue weighted by Gasteiger charge is -2.30. The summed E-state index contributed by atoms with van der Waals surface area (Å²) >= 11 is 0. The lowest BCUT2D eigenvalue weighted by atomic mass is 10.0. The highest BCUT2D eigenvalue weighted by atomic mass is 16.2. The van der Waals surface area contributed by atoms with Crippen molar-refractivity contribution < 1.29 is 9.59 Å². The van der Waals surface area contributed by atoms with Gasteiger partial charge in [-0.1, -0.05) is 25.1 Å². The number of H-pyrrole nitrogens is 1. The SMILES string of the molecule is CC(=O)NC(Cc1c[nH]c2ccccc12)C(=O)NCCCCN1CCCC(C)C1. The molecule has 2 heterocycles. The number of unbranched alkanes of at least 4 members (excludes halogenated alkanes) is 1. The highest BCUT2D eigenvalue weighted by Crippen LogP contribution is 2.19. The second-order valence-corrected chi connectivity index (χ2v) is 8.36. The number of hydrogen-bond acceptors (Lipinski definition) is 3. The van der Waals surface area contributed by atoms with Gasteiger partial charge in [-0.2, -0.15) is 0 Å². The summed E-state index contributed by atoms with van der Waals surface area (Å²) in [4.78, 5) is 30.1. The first-order chi connectivity index (χ1) is 14.0. The van der Waals surface area contributed by atoms with Crippen LogP contribution in [0.25, 0.3) is 10.9 Å². The molecular formula is C23H34N4O2. The second kappa shape index (κ2) is 10.4. The minimum Gasteiger partial charge on any atom is -0.361 e. The highest BCUT2D eigenvalue weighted by Gasteiger charge is 2.21. The monoisotopic (exact) mass is 398 g/mol. The Kier molecular flexibility index (Phi) is 7.69. The van der Waals surface area contributed by atoms with Crippen molar-refractivity contribution in [2.75, 3.05) is 26.2 Å². The maximum absolute atomic E-state index is 12.7. The number of fused-ring (bicyclic) bond motifs is 1. The summed E-state index contributed by atoms with van der Waals surface area (Å²) in [6.07, 6.45) is 7.07. The van der Waals surface area contributed by atoms with Gasteiger partial charge in [0.2, 0.25) is 11.8 Å². The van der Waals surface area contributed by atoms with Gasteiger partial charge in [-0.25, -0.2) is 0 Å². The Balaban J connectivity index is 1.47. The molecule has 6 nitrogen and oxygen atoms in total. The molecule has 0 saturated carbocycles. The van der Waals surface area contributed by atoms with E-state index < -0.39 is 6.04 Å². The molecule has 6 heteroatoms. The Bertz CT molecular complexity index is 816. The average molecular weight is 399 g/mol. The maximum Gasteiger partial charge on any atom is 0.242 e. The van der Waals surface area contributed by atoms with Crippen molar-refractivity contribution in [2.45, 2.75) is 52.0 Å². The largest absolute Gasteiger partial charge is 0.361 e. The van der Waals surface area contributed by atoms with E-state index >= 15 is 0 Å². The van der Waals surface area contributed by atoms with Crippen LogP contribution >= 0.6 is 0 Å². The van der Waals surface area contributed by atoms with Crippen LogP contribution in [0.3, 0.4) is 0 Å². The summed E-state index contributed by atoms with van der Waals surface area (Å²) in [7, 11) is 0. The van der Waals surface area contributed by atoms with Gasteiger partial charge in [0.25, 0.3) is 0 Å². The molecule has 1 aliphatic rings. The van der Waals surface area contributed by atoms with Crippen LogP contribution in [0.1, 0.15) is 45.1 Å². The van der Waals surface area contributed by atoms with Crippen molar-refractivity contribution in [1.29, 1.82) is 0 Å². The van der Waals surface area contributed by atoms with E-state index in [0.717, 1.165) is 41.8 Å². The highest BCUT2D eigenvalue weighted by molar-refractivity contribution is 5.89. The summed E-state index contributed by atoms with van der Waals surface area (Å²) in [6, 6.07) is 7.44. The zero-order valence-corrected chi connectivity index (χ0v) is 17.7. The minimum atomic E-state index is -0.561. The Labute approximate surface area is 173 Å². The summed E-state index contributed by atoms with van der Waals surface area (Å²) in [5, 5.41) is 6.91. The Morgan fingerprint density at radius 1 is 1.28 bits per heavy atom. The number of likely N-dealkylation sites (tertiary alicyclic amines) is 1. The van der Waals surface area contributed by atoms with Crippen molar-refractivity contribution in [3.8, 4) is 0 Å². The first kappa shape index (κ1) is 21.4. The fourth-order valence-corrected chi connectivity index (χ4v) is 4.26. The van der Waals surface area contributed by atoms with Gasteiger partial charge in [-0.05, 0) is 56.3 Å². The molecule has 29 heavy (non-hydrogen) atoms. The first-order valence-corrected chi connectivity index (χ1v) is 10.8. The third-order valence-electron chi connectivity index (χ3n) is 5.73. The zero-order valence-electron chi connectivity index (χ0n) is 17.7. The molecule has 3 rings (SSSR count). The summed E-state index contributed by atoms with van der Waals surface area (Å²) in [5.74, 6) is 0.493. The number of nitrogens with zero attached hydrogens (tertiary/aromatic N) is 1. The van der Waals surface area contributed by atoms with Gasteiger partial charge in [0.1, 0.15) is 6.04 Å². The Morgan fingerprint density at radius 3 is 2.90 bits per heavy atom. The smallest absolute Gasteiger partial charge is 0.242 e. The Morgan fingerprint density at radius 2 is 2.10 bits per heavy atom. The third-order valence-corrected chi connectivity index (χ3v) is 5.73. The van der Waals surface area contributed by atoms with Gasteiger partial charge < -0.3 is 20.5 Å². The minimum absolute atomic E-state index is 0.114. The van der Waals surface area contributed by atoms with Crippen molar-refractivity contribution in [3.05, 3.63) is 36.0 Å². The number of carbonyl (C=O) groups excluding carboxylic acids is 2. The fraction of sp³-hybridized carbons (Fsp3) is 0.565. The summed E-state index contributed by atoms with van der Waals surface area (Å²) in [6.45, 7) is 7.92. The lowest BCUT2D eigenvalue weighted by Crippen LogP contribution is -2.47. The standard InChI is InChI=1S/C23H34N4O2/c1-17-8-7-13-27(16-17)12-6-5-11-24-23(29)22(26-18(2)28)14-19-15-25-21-10-4-3-9-20(19)21/h3-4,9-10,15,17,22,25H,5-8,11-14,16H2,1-2H3,(H,24,29)(H,26,28). The van der Waals surface area contributed by atoms with Gasteiger partial charge in [-0.3, -0.25) is 9.59 Å². The number of piperidine rings is 1. The number of rotatable bonds is 9. The van der Waals surface area contributed by atoms with Crippen molar-refractivity contribution in [3.63, 3.8) is 0 Å². The summed E-state index contributed by atoms with van der Waals surface area (Å²) < 4.78 is 0. The van der Waals surface area contributed by atoms with Crippen LogP contribution in [-0.4, -0.2) is 53.9 Å². The molecule has 0 radical (unpaired) electrons. The quantitative estimate of drug-likeness (QED) is 0.569. The topological polar surface area (TPSA) is 77.2 Å². The van der Waals surface area contributed by atoms with Crippen LogP contribution in [0.2, 0.25) is 0 Å². The Hall–Kier alpha value is -2.34. The van der Waals surface area contributed by atoms with Gasteiger partial charge in [-0.15, -0.1) is 0 Å². The number of benzene rings is 1. The van der Waals surface area contributed by atoms with Crippen molar-refractivity contribution >= 4 is 22.7 Å². The second-order valence-electron chi connectivity index (χ2n) is 8.36. The maximum atomic E-state index is 12.7. The van der Waals surface area contributed by atoms with E-state index in [1.807, 2.05) is 30.5 Å². The van der Waals surface area contributed by atoms with Gasteiger partial charge >= 0.3 is 0 Å². The van der Waals surface area contributed by atoms with Crippen LogP contribution in [0.15, 0.2) is 30.5 Å². The van der Waals surface area contributed by atoms with Crippen LogP contribution < -0.4 is 10.6 Å². The van der Waals surface area contributed by atoms with Crippen molar-refractivity contribution in [1.82, 2.24) is 20.5 Å². The van der Waals surface area contributed by atoms with Gasteiger partial charge in [0.05, 0.1) is 0 Å². The van der Waals surface area contributed by atoms with E-state index in [9.17, 15) is 9.59 Å².